The molecule has 1 amide bonds. The summed E-state index contributed by atoms with van der Waals surface area (Å²) in [7, 11) is 0. The second-order valence-electron chi connectivity index (χ2n) is 7.48. The smallest absolute Gasteiger partial charge is 0.335 e. The molecular formula is C17H23N7O5S. The van der Waals surface area contributed by atoms with Gasteiger partial charge in [-0.1, -0.05) is 0 Å². The number of imidazole rings is 1. The van der Waals surface area contributed by atoms with Crippen molar-refractivity contribution >= 4 is 40.6 Å². The van der Waals surface area contributed by atoms with Crippen LogP contribution >= 0.6 is 11.8 Å². The Morgan fingerprint density at radius 1 is 1.37 bits per heavy atom. The highest BCUT2D eigenvalue weighted by atomic mass is 32.2. The SMILES string of the molecule is Nc1ncnc2c1ncn2[C@@H]1O[C@H](C(=O)O)[C@@H](NC(=O)[C@H](N)CSCC2CC2)[C@H]1O. The number of nitrogens with two attached hydrogens (primary N) is 2. The van der Waals surface area contributed by atoms with Crippen molar-refractivity contribution in [2.24, 2.45) is 11.7 Å². The van der Waals surface area contributed by atoms with Crippen molar-refractivity contribution in [1.82, 2.24) is 24.8 Å². The summed E-state index contributed by atoms with van der Waals surface area (Å²) in [4.78, 5) is 36.2. The van der Waals surface area contributed by atoms with E-state index in [1.54, 1.807) is 11.8 Å². The summed E-state index contributed by atoms with van der Waals surface area (Å²) < 4.78 is 6.92. The molecule has 12 nitrogen and oxygen atoms in total. The van der Waals surface area contributed by atoms with Crippen molar-refractivity contribution in [3.8, 4) is 0 Å². The molecule has 1 aliphatic heterocycles. The third-order valence-electron chi connectivity index (χ3n) is 5.17. The molecule has 5 atom stereocenters. The second-order valence-corrected chi connectivity index (χ2v) is 8.56. The number of hydrogen-bond acceptors (Lipinski definition) is 10. The van der Waals surface area contributed by atoms with Gasteiger partial charge in [0.25, 0.3) is 0 Å². The number of rotatable bonds is 8. The monoisotopic (exact) mass is 437 g/mol. The van der Waals surface area contributed by atoms with Crippen molar-refractivity contribution in [2.75, 3.05) is 17.2 Å². The average molecular weight is 437 g/mol. The maximum Gasteiger partial charge on any atom is 0.335 e. The number of carbonyl (C=O) groups excluding carboxylic acids is 1. The van der Waals surface area contributed by atoms with E-state index in [1.807, 2.05) is 0 Å². The summed E-state index contributed by atoms with van der Waals surface area (Å²) in [5.41, 5.74) is 12.3. The van der Waals surface area contributed by atoms with Crippen LogP contribution in [-0.4, -0.2) is 77.4 Å². The highest BCUT2D eigenvalue weighted by Gasteiger charge is 2.49. The number of anilines is 1. The number of nitrogens with one attached hydrogen (secondary N) is 1. The number of nitrogens with zero attached hydrogens (tertiary/aromatic N) is 4. The van der Waals surface area contributed by atoms with Crippen LogP contribution in [0.15, 0.2) is 12.7 Å². The normalized spacial score (nSPS) is 27.3. The number of carboxylic acid groups (broad SMARTS) is 1. The first-order valence-electron chi connectivity index (χ1n) is 9.50. The lowest BCUT2D eigenvalue weighted by molar-refractivity contribution is -0.152. The van der Waals surface area contributed by atoms with Crippen LogP contribution in [0.25, 0.3) is 11.2 Å². The van der Waals surface area contributed by atoms with Gasteiger partial charge in [0.2, 0.25) is 5.91 Å². The lowest BCUT2D eigenvalue weighted by Crippen LogP contribution is -2.54. The first kappa shape index (κ1) is 20.8. The van der Waals surface area contributed by atoms with Crippen LogP contribution in [-0.2, 0) is 14.3 Å². The van der Waals surface area contributed by atoms with Crippen LogP contribution in [0.5, 0.6) is 0 Å². The summed E-state index contributed by atoms with van der Waals surface area (Å²) in [5, 5.41) is 22.9. The van der Waals surface area contributed by atoms with Gasteiger partial charge in [0.05, 0.1) is 18.4 Å². The first-order valence-corrected chi connectivity index (χ1v) is 10.6. The predicted molar refractivity (Wildman–Crippen MR) is 107 cm³/mol. The van der Waals surface area contributed by atoms with Gasteiger partial charge in [-0.25, -0.2) is 19.7 Å². The molecule has 4 rings (SSSR count). The zero-order valence-electron chi connectivity index (χ0n) is 15.9. The molecule has 2 aromatic heterocycles. The Labute approximate surface area is 175 Å². The van der Waals surface area contributed by atoms with E-state index in [4.69, 9.17) is 16.2 Å². The van der Waals surface area contributed by atoms with Crippen LogP contribution in [0, 0.1) is 5.92 Å². The van der Waals surface area contributed by atoms with E-state index in [2.05, 4.69) is 20.3 Å². The van der Waals surface area contributed by atoms with Gasteiger partial charge in [-0.2, -0.15) is 11.8 Å². The minimum Gasteiger partial charge on any atom is -0.479 e. The molecule has 1 aliphatic carbocycles. The molecule has 7 N–H and O–H groups in total. The van der Waals surface area contributed by atoms with E-state index >= 15 is 0 Å². The Morgan fingerprint density at radius 3 is 2.83 bits per heavy atom. The fourth-order valence-corrected chi connectivity index (χ4v) is 4.53. The Balaban J connectivity index is 1.48. The third-order valence-corrected chi connectivity index (χ3v) is 6.47. The van der Waals surface area contributed by atoms with E-state index in [9.17, 15) is 19.8 Å². The second kappa shape index (κ2) is 8.34. The number of amides is 1. The lowest BCUT2D eigenvalue weighted by Gasteiger charge is -2.22. The molecule has 162 valence electrons. The number of aliphatic carboxylic acids is 1. The largest absolute Gasteiger partial charge is 0.479 e. The van der Waals surface area contributed by atoms with Gasteiger partial charge in [-0.05, 0) is 24.5 Å². The summed E-state index contributed by atoms with van der Waals surface area (Å²) in [6, 6.07) is -2.02. The molecule has 1 saturated carbocycles. The maximum absolute atomic E-state index is 12.5. The number of ether oxygens (including phenoxy) is 1. The average Bonchev–Trinajstić information content (AvgIpc) is 3.34. The van der Waals surface area contributed by atoms with Crippen LogP contribution < -0.4 is 16.8 Å². The van der Waals surface area contributed by atoms with Crippen molar-refractivity contribution in [3.05, 3.63) is 12.7 Å². The summed E-state index contributed by atoms with van der Waals surface area (Å²) in [6.45, 7) is 0. The third kappa shape index (κ3) is 4.05. The Kier molecular flexibility index (Phi) is 5.77. The Morgan fingerprint density at radius 2 is 2.13 bits per heavy atom. The van der Waals surface area contributed by atoms with Crippen LogP contribution in [0.2, 0.25) is 0 Å². The van der Waals surface area contributed by atoms with E-state index < -0.39 is 42.4 Å². The Bertz CT molecular complexity index is 952. The fourth-order valence-electron chi connectivity index (χ4n) is 3.32. The van der Waals surface area contributed by atoms with Crippen molar-refractivity contribution in [1.29, 1.82) is 0 Å². The highest BCUT2D eigenvalue weighted by Crippen LogP contribution is 2.33. The van der Waals surface area contributed by atoms with Crippen molar-refractivity contribution in [2.45, 2.75) is 43.4 Å². The lowest BCUT2D eigenvalue weighted by atomic mass is 10.1. The minimum atomic E-state index is -1.48. The van der Waals surface area contributed by atoms with Crippen molar-refractivity contribution in [3.63, 3.8) is 0 Å². The molecule has 0 bridgehead atoms. The van der Waals surface area contributed by atoms with Gasteiger partial charge in [0, 0.05) is 5.75 Å². The molecule has 2 fully saturated rings. The van der Waals surface area contributed by atoms with Gasteiger partial charge in [-0.15, -0.1) is 0 Å². The van der Waals surface area contributed by atoms with Gasteiger partial charge < -0.3 is 31.7 Å². The van der Waals surface area contributed by atoms with E-state index in [1.165, 1.54) is 30.1 Å². The van der Waals surface area contributed by atoms with E-state index in [0.29, 0.717) is 17.2 Å². The quantitative estimate of drug-likeness (QED) is 0.330. The Hall–Kier alpha value is -2.48. The number of aromatic nitrogens is 4. The number of nitrogen functional groups attached to an aromatic ring is 1. The molecule has 2 aromatic rings. The van der Waals surface area contributed by atoms with Gasteiger partial charge in [0.15, 0.2) is 23.8 Å². The molecule has 13 heteroatoms. The fraction of sp³-hybridized carbons (Fsp3) is 0.588. The molecule has 1 saturated heterocycles. The van der Waals surface area contributed by atoms with Gasteiger partial charge in [-0.3, -0.25) is 9.36 Å². The maximum atomic E-state index is 12.5. The predicted octanol–water partition coefficient (Wildman–Crippen LogP) is -1.29. The number of aliphatic hydroxyl groups is 1. The van der Waals surface area contributed by atoms with E-state index in [-0.39, 0.29) is 11.5 Å². The minimum absolute atomic E-state index is 0.139. The number of hydrogen-bond donors (Lipinski definition) is 5. The molecule has 2 aliphatic rings. The zero-order valence-corrected chi connectivity index (χ0v) is 16.7. The first-order chi connectivity index (χ1) is 14.4. The molecular weight excluding hydrogens is 414 g/mol. The summed E-state index contributed by atoms with van der Waals surface area (Å²) in [6.07, 6.45) is 0.974. The summed E-state index contributed by atoms with van der Waals surface area (Å²) in [5.74, 6) is 0.345. The highest BCUT2D eigenvalue weighted by molar-refractivity contribution is 7.99. The van der Waals surface area contributed by atoms with Crippen LogP contribution in [0.4, 0.5) is 5.82 Å². The number of thioether (sulfide) groups is 1. The van der Waals surface area contributed by atoms with Crippen molar-refractivity contribution < 1.29 is 24.5 Å². The number of fused-ring (bicyclic) bond motifs is 1. The number of carbonyl (C=O) groups is 2. The topological polar surface area (TPSA) is 192 Å². The molecule has 30 heavy (non-hydrogen) atoms. The molecule has 0 aromatic carbocycles. The van der Waals surface area contributed by atoms with Gasteiger partial charge >= 0.3 is 5.97 Å². The van der Waals surface area contributed by atoms with Gasteiger partial charge in [0.1, 0.15) is 17.9 Å². The summed E-state index contributed by atoms with van der Waals surface area (Å²) >= 11 is 1.59. The number of carboxylic acids is 1. The zero-order chi connectivity index (χ0) is 21.4. The standard InChI is InChI=1S/C17H23N7O5S/c18-8(4-30-3-7-1-2-7)15(26)23-9-11(25)16(29-12(9)17(27)28)24-6-22-10-13(19)20-5-21-14(10)24/h5-9,11-12,16,25H,1-4,18H2,(H,23,26)(H,27,28)(H2,19,20,21)/t8-,9+,11-,12+,16-/m1/s1. The molecule has 0 spiro atoms. The molecule has 3 heterocycles. The van der Waals surface area contributed by atoms with Crippen LogP contribution in [0.1, 0.15) is 19.1 Å². The van der Waals surface area contributed by atoms with Crippen LogP contribution in [0.3, 0.4) is 0 Å². The molecule has 0 radical (unpaired) electrons. The molecule has 0 unspecified atom stereocenters. The van der Waals surface area contributed by atoms with E-state index in [0.717, 1.165) is 5.75 Å². The number of aliphatic hydroxyl groups excluding tert-OH is 1.